The van der Waals surface area contributed by atoms with Gasteiger partial charge in [0.2, 0.25) is 0 Å². The number of thiophene rings is 1. The number of aryl methyl sites for hydroxylation is 1. The molecule has 1 aromatic heterocycles. The van der Waals surface area contributed by atoms with Crippen LogP contribution in [0.4, 0.5) is 0 Å². The van der Waals surface area contributed by atoms with Crippen molar-refractivity contribution in [2.24, 2.45) is 5.92 Å². The minimum atomic E-state index is 0.475. The number of piperidine rings is 1. The van der Waals surface area contributed by atoms with Crippen molar-refractivity contribution in [3.8, 4) is 10.4 Å². The third-order valence-electron chi connectivity index (χ3n) is 4.53. The molecule has 0 radical (unpaired) electrons. The lowest BCUT2D eigenvalue weighted by Gasteiger charge is -2.13. The van der Waals surface area contributed by atoms with Crippen molar-refractivity contribution >= 4 is 11.3 Å². The van der Waals surface area contributed by atoms with Gasteiger partial charge < -0.3 is 5.32 Å². The van der Waals surface area contributed by atoms with Gasteiger partial charge in [-0.1, -0.05) is 18.2 Å². The average molecular weight is 255 g/mol. The number of rotatable bonds is 2. The molecule has 2 heteroatoms. The van der Waals surface area contributed by atoms with Crippen LogP contribution in [0.2, 0.25) is 0 Å². The number of benzene rings is 1. The Morgan fingerprint density at radius 1 is 1.28 bits per heavy atom. The Labute approximate surface area is 112 Å². The van der Waals surface area contributed by atoms with Crippen molar-refractivity contribution in [3.63, 3.8) is 0 Å². The molecule has 18 heavy (non-hydrogen) atoms. The van der Waals surface area contributed by atoms with E-state index in [0.717, 1.165) is 5.92 Å². The molecule has 4 rings (SSSR count). The fourth-order valence-corrected chi connectivity index (χ4v) is 4.23. The topological polar surface area (TPSA) is 12.0 Å². The molecule has 0 amide bonds. The van der Waals surface area contributed by atoms with Gasteiger partial charge in [-0.3, -0.25) is 0 Å². The first-order valence-electron chi connectivity index (χ1n) is 6.66. The predicted molar refractivity (Wildman–Crippen MR) is 77.1 cm³/mol. The van der Waals surface area contributed by atoms with E-state index in [1.165, 1.54) is 34.8 Å². The van der Waals surface area contributed by atoms with Crippen LogP contribution in [0.1, 0.15) is 16.9 Å². The molecule has 1 aliphatic carbocycles. The first kappa shape index (κ1) is 10.8. The molecule has 1 saturated carbocycles. The zero-order valence-corrected chi connectivity index (χ0v) is 11.4. The lowest BCUT2D eigenvalue weighted by atomic mass is 9.93. The van der Waals surface area contributed by atoms with Crippen LogP contribution in [0, 0.1) is 12.8 Å². The largest absolute Gasteiger partial charge is 0.316 e. The smallest absolute Gasteiger partial charge is 0.0345 e. The van der Waals surface area contributed by atoms with Gasteiger partial charge in [0.15, 0.2) is 0 Å². The average Bonchev–Trinajstić information content (AvgIpc) is 2.75. The van der Waals surface area contributed by atoms with Gasteiger partial charge >= 0.3 is 0 Å². The second kappa shape index (κ2) is 3.69. The second-order valence-electron chi connectivity index (χ2n) is 5.68. The lowest BCUT2D eigenvalue weighted by Crippen LogP contribution is -2.19. The highest BCUT2D eigenvalue weighted by Crippen LogP contribution is 2.56. The summed E-state index contributed by atoms with van der Waals surface area (Å²) >= 11 is 1.89. The molecule has 2 aliphatic rings. The standard InChI is InChI=1S/C16H17NS/c1-11-5-6-15(18-11)12-3-2-4-13(7-12)16-8-14(16)9-17-10-16/h2-7,14,17H,8-10H2,1H3. The summed E-state index contributed by atoms with van der Waals surface area (Å²) in [6, 6.07) is 13.7. The van der Waals surface area contributed by atoms with E-state index in [1.54, 1.807) is 5.56 Å². The Morgan fingerprint density at radius 2 is 2.22 bits per heavy atom. The maximum Gasteiger partial charge on any atom is 0.0345 e. The maximum absolute atomic E-state index is 3.53. The molecule has 1 aliphatic heterocycles. The van der Waals surface area contributed by atoms with Gasteiger partial charge in [-0.25, -0.2) is 0 Å². The molecular weight excluding hydrogens is 238 g/mol. The summed E-state index contributed by atoms with van der Waals surface area (Å²) in [5.41, 5.74) is 3.40. The maximum atomic E-state index is 3.53. The molecule has 2 unspecified atom stereocenters. The number of nitrogens with one attached hydrogen (secondary N) is 1. The third-order valence-corrected chi connectivity index (χ3v) is 5.58. The van der Waals surface area contributed by atoms with Crippen LogP contribution in [0.3, 0.4) is 0 Å². The van der Waals surface area contributed by atoms with Gasteiger partial charge in [0.05, 0.1) is 0 Å². The monoisotopic (exact) mass is 255 g/mol. The summed E-state index contributed by atoms with van der Waals surface area (Å²) in [5.74, 6) is 0.887. The number of hydrogen-bond acceptors (Lipinski definition) is 2. The summed E-state index contributed by atoms with van der Waals surface area (Å²) in [6.45, 7) is 4.56. The Morgan fingerprint density at radius 3 is 2.89 bits per heavy atom. The van der Waals surface area contributed by atoms with Crippen molar-refractivity contribution in [2.75, 3.05) is 13.1 Å². The van der Waals surface area contributed by atoms with Crippen molar-refractivity contribution in [1.29, 1.82) is 0 Å². The van der Waals surface area contributed by atoms with E-state index in [2.05, 4.69) is 48.6 Å². The highest BCUT2D eigenvalue weighted by molar-refractivity contribution is 7.15. The first-order valence-corrected chi connectivity index (χ1v) is 7.48. The Kier molecular flexibility index (Phi) is 2.21. The Bertz CT molecular complexity index is 601. The van der Waals surface area contributed by atoms with Crippen LogP contribution in [-0.4, -0.2) is 13.1 Å². The van der Waals surface area contributed by atoms with Crippen LogP contribution in [0.5, 0.6) is 0 Å². The molecule has 92 valence electrons. The molecule has 1 nitrogen and oxygen atoms in total. The van der Waals surface area contributed by atoms with E-state index in [4.69, 9.17) is 0 Å². The summed E-state index contributed by atoms with van der Waals surface area (Å²) in [4.78, 5) is 2.79. The minimum absolute atomic E-state index is 0.475. The van der Waals surface area contributed by atoms with Crippen LogP contribution >= 0.6 is 11.3 Å². The predicted octanol–water partition coefficient (Wildman–Crippen LogP) is 3.58. The first-order chi connectivity index (χ1) is 8.78. The third kappa shape index (κ3) is 1.49. The van der Waals surface area contributed by atoms with E-state index >= 15 is 0 Å². The summed E-state index contributed by atoms with van der Waals surface area (Å²) < 4.78 is 0. The van der Waals surface area contributed by atoms with E-state index in [-0.39, 0.29) is 0 Å². The van der Waals surface area contributed by atoms with Crippen LogP contribution < -0.4 is 5.32 Å². The molecule has 0 bridgehead atoms. The van der Waals surface area contributed by atoms with Crippen molar-refractivity contribution in [1.82, 2.24) is 5.32 Å². The van der Waals surface area contributed by atoms with Crippen molar-refractivity contribution in [3.05, 3.63) is 46.8 Å². The molecule has 1 N–H and O–H groups in total. The molecule has 2 fully saturated rings. The SMILES string of the molecule is Cc1ccc(-c2cccc(C34CNCC3C4)c2)s1. The zero-order valence-electron chi connectivity index (χ0n) is 10.6. The molecule has 1 aromatic carbocycles. The van der Waals surface area contributed by atoms with E-state index < -0.39 is 0 Å². The van der Waals surface area contributed by atoms with Crippen LogP contribution in [0.15, 0.2) is 36.4 Å². The van der Waals surface area contributed by atoms with E-state index in [0.29, 0.717) is 5.41 Å². The number of hydrogen-bond donors (Lipinski definition) is 1. The van der Waals surface area contributed by atoms with Crippen molar-refractivity contribution < 1.29 is 0 Å². The van der Waals surface area contributed by atoms with E-state index in [9.17, 15) is 0 Å². The second-order valence-corrected chi connectivity index (χ2v) is 6.97. The molecular formula is C16H17NS. The molecule has 0 spiro atoms. The fourth-order valence-electron chi connectivity index (χ4n) is 3.36. The molecule has 2 heterocycles. The van der Waals surface area contributed by atoms with E-state index in [1.807, 2.05) is 11.3 Å². The zero-order chi connectivity index (χ0) is 12.2. The van der Waals surface area contributed by atoms with Crippen LogP contribution in [-0.2, 0) is 5.41 Å². The highest BCUT2D eigenvalue weighted by Gasteiger charge is 2.57. The summed E-state index contributed by atoms with van der Waals surface area (Å²) in [6.07, 6.45) is 1.38. The highest BCUT2D eigenvalue weighted by atomic mass is 32.1. The van der Waals surface area contributed by atoms with Gasteiger partial charge in [0.1, 0.15) is 0 Å². The van der Waals surface area contributed by atoms with Crippen molar-refractivity contribution in [2.45, 2.75) is 18.8 Å². The van der Waals surface area contributed by atoms with Gasteiger partial charge in [0.25, 0.3) is 0 Å². The summed E-state index contributed by atoms with van der Waals surface area (Å²) in [7, 11) is 0. The minimum Gasteiger partial charge on any atom is -0.316 e. The molecule has 2 aromatic rings. The van der Waals surface area contributed by atoms with Gasteiger partial charge in [-0.05, 0) is 55.1 Å². The van der Waals surface area contributed by atoms with Gasteiger partial charge in [-0.15, -0.1) is 11.3 Å². The number of fused-ring (bicyclic) bond motifs is 1. The normalized spacial score (nSPS) is 29.3. The Balaban J connectivity index is 1.74. The van der Waals surface area contributed by atoms with Gasteiger partial charge in [-0.2, -0.15) is 0 Å². The molecule has 2 atom stereocenters. The fraction of sp³-hybridized carbons (Fsp3) is 0.375. The lowest BCUT2D eigenvalue weighted by molar-refractivity contribution is 0.676. The molecule has 1 saturated heterocycles. The Hall–Kier alpha value is -1.12. The summed E-state index contributed by atoms with van der Waals surface area (Å²) in [5, 5.41) is 3.53. The van der Waals surface area contributed by atoms with Gasteiger partial charge in [0, 0.05) is 21.7 Å². The van der Waals surface area contributed by atoms with Crippen LogP contribution in [0.25, 0.3) is 10.4 Å². The quantitative estimate of drug-likeness (QED) is 0.865.